The molecule has 0 aliphatic carbocycles. The Morgan fingerprint density at radius 2 is 2.05 bits per heavy atom. The highest BCUT2D eigenvalue weighted by Crippen LogP contribution is 2.38. The molecule has 0 unspecified atom stereocenters. The molecule has 210 valence electrons. The van der Waals surface area contributed by atoms with Crippen molar-refractivity contribution in [2.45, 2.75) is 70.2 Å². The molecule has 12 nitrogen and oxygen atoms in total. The summed E-state index contributed by atoms with van der Waals surface area (Å²) in [6, 6.07) is 2.82. The summed E-state index contributed by atoms with van der Waals surface area (Å²) in [4.78, 5) is 23.3. The number of hydrogen-bond acceptors (Lipinski definition) is 10. The van der Waals surface area contributed by atoms with Crippen LogP contribution in [0.4, 0.5) is 26.2 Å². The summed E-state index contributed by atoms with van der Waals surface area (Å²) in [5, 5.41) is 23.1. The van der Waals surface area contributed by atoms with Gasteiger partial charge in [-0.05, 0) is 69.5 Å². The van der Waals surface area contributed by atoms with Gasteiger partial charge < -0.3 is 20.5 Å². The number of aliphatic hydroxyl groups excluding tert-OH is 1. The second kappa shape index (κ2) is 10.5. The summed E-state index contributed by atoms with van der Waals surface area (Å²) in [5.41, 5.74) is -0.610. The zero-order valence-electron chi connectivity index (χ0n) is 22.4. The van der Waals surface area contributed by atoms with Crippen molar-refractivity contribution in [3.63, 3.8) is 0 Å². The van der Waals surface area contributed by atoms with Gasteiger partial charge >= 0.3 is 5.69 Å². The summed E-state index contributed by atoms with van der Waals surface area (Å²) < 4.78 is 37.4. The van der Waals surface area contributed by atoms with E-state index in [4.69, 9.17) is 4.74 Å². The van der Waals surface area contributed by atoms with Gasteiger partial charge in [-0.3, -0.25) is 4.90 Å². The molecule has 4 heterocycles. The third kappa shape index (κ3) is 5.57. The molecule has 2 fully saturated rings. The number of nitrogens with one attached hydrogen (secondary N) is 2. The predicted octanol–water partition coefficient (Wildman–Crippen LogP) is 2.35. The molecule has 2 aliphatic heterocycles. The Balaban J connectivity index is 1.41. The van der Waals surface area contributed by atoms with E-state index in [1.54, 1.807) is 0 Å². The Kier molecular flexibility index (Phi) is 7.25. The number of aryl methyl sites for hydroxylation is 1. The molecule has 1 aromatic carbocycles. The predicted molar refractivity (Wildman–Crippen MR) is 139 cm³/mol. The van der Waals surface area contributed by atoms with Crippen LogP contribution in [0, 0.1) is 11.6 Å². The van der Waals surface area contributed by atoms with Gasteiger partial charge in [-0.25, -0.2) is 18.6 Å². The van der Waals surface area contributed by atoms with E-state index in [-0.39, 0.29) is 47.1 Å². The standard InChI is InChI=1S/C25H33F2N9O3/c1-14(37)13-39-21-9-17(26)19(10-20(21)36-24(38)34(4)32-33-36)30-23-28-12-18(27)22(31-23)29-15-8-16-6-5-7-35(16)25(2,3)11-15/h9-10,12,14-16,37H,5-8,11,13H2,1-4H3,(H2,28,29,30,31)/t14-,15+,16-/m0/s1. The number of anilines is 3. The molecule has 0 radical (unpaired) electrons. The lowest BCUT2D eigenvalue weighted by Crippen LogP contribution is -2.55. The van der Waals surface area contributed by atoms with Gasteiger partial charge in [0.25, 0.3) is 0 Å². The Bertz CT molecular complexity index is 1410. The number of benzene rings is 1. The molecule has 0 amide bonds. The van der Waals surface area contributed by atoms with Gasteiger partial charge in [-0.2, -0.15) is 14.3 Å². The highest BCUT2D eigenvalue weighted by Gasteiger charge is 2.43. The number of piperidine rings is 1. The molecular formula is C25H33F2N9O3. The summed E-state index contributed by atoms with van der Waals surface area (Å²) in [7, 11) is 1.42. The number of ether oxygens (including phenoxy) is 1. The first-order valence-electron chi connectivity index (χ1n) is 13.0. The molecular weight excluding hydrogens is 512 g/mol. The number of nitrogens with zero attached hydrogens (tertiary/aromatic N) is 7. The number of aliphatic hydroxyl groups is 1. The molecule has 39 heavy (non-hydrogen) atoms. The molecule has 5 rings (SSSR count). The minimum atomic E-state index is -0.831. The summed E-state index contributed by atoms with van der Waals surface area (Å²) in [6.07, 6.45) is 4.19. The molecule has 0 spiro atoms. The number of rotatable bonds is 8. The van der Waals surface area contributed by atoms with Crippen molar-refractivity contribution in [2.24, 2.45) is 7.05 Å². The van der Waals surface area contributed by atoms with Gasteiger partial charge in [-0.15, -0.1) is 0 Å². The zero-order valence-corrected chi connectivity index (χ0v) is 22.4. The Hall–Kier alpha value is -3.65. The number of fused-ring (bicyclic) bond motifs is 1. The van der Waals surface area contributed by atoms with Crippen molar-refractivity contribution in [3.05, 3.63) is 40.4 Å². The number of aromatic nitrogens is 6. The lowest BCUT2D eigenvalue weighted by atomic mass is 9.84. The van der Waals surface area contributed by atoms with Crippen LogP contribution in [0.15, 0.2) is 23.1 Å². The van der Waals surface area contributed by atoms with Gasteiger partial charge in [0.05, 0.1) is 18.0 Å². The van der Waals surface area contributed by atoms with Gasteiger partial charge in [0.15, 0.2) is 17.5 Å². The first kappa shape index (κ1) is 26.9. The topological polar surface area (TPSA) is 135 Å². The highest BCUT2D eigenvalue weighted by atomic mass is 19.1. The van der Waals surface area contributed by atoms with Crippen LogP contribution < -0.4 is 21.1 Å². The molecule has 3 atom stereocenters. The van der Waals surface area contributed by atoms with Crippen LogP contribution in [0.1, 0.15) is 46.5 Å². The smallest absolute Gasteiger partial charge is 0.368 e. The van der Waals surface area contributed by atoms with E-state index in [2.05, 4.69) is 49.8 Å². The lowest BCUT2D eigenvalue weighted by Gasteiger charge is -2.47. The highest BCUT2D eigenvalue weighted by molar-refractivity contribution is 5.63. The number of halogens is 2. The maximum absolute atomic E-state index is 15.1. The SMILES string of the molecule is C[C@H](O)COc1cc(F)c(Nc2ncc(F)c(N[C@@H]3C[C@@H]4CCCN4C(C)(C)C3)n2)cc1-n1nnn(C)c1=O. The fourth-order valence-corrected chi connectivity index (χ4v) is 5.56. The summed E-state index contributed by atoms with van der Waals surface area (Å²) in [5.74, 6) is -1.38. The van der Waals surface area contributed by atoms with Gasteiger partial charge in [0, 0.05) is 30.7 Å². The van der Waals surface area contributed by atoms with Crippen molar-refractivity contribution < 1.29 is 18.6 Å². The van der Waals surface area contributed by atoms with Crippen LogP contribution in [0.25, 0.3) is 5.69 Å². The Morgan fingerprint density at radius 1 is 1.26 bits per heavy atom. The molecule has 0 saturated carbocycles. The first-order chi connectivity index (χ1) is 18.5. The van der Waals surface area contributed by atoms with Gasteiger partial charge in [0.1, 0.15) is 18.0 Å². The molecule has 3 N–H and O–H groups in total. The molecule has 2 saturated heterocycles. The van der Waals surface area contributed by atoms with Crippen LogP contribution in [0.3, 0.4) is 0 Å². The third-order valence-corrected chi connectivity index (χ3v) is 7.27. The van der Waals surface area contributed by atoms with Crippen LogP contribution in [0.5, 0.6) is 5.75 Å². The van der Waals surface area contributed by atoms with E-state index in [1.807, 2.05) is 0 Å². The minimum absolute atomic E-state index is 0.0166. The van der Waals surface area contributed by atoms with Gasteiger partial charge in [-0.1, -0.05) is 0 Å². The van der Waals surface area contributed by atoms with E-state index in [0.29, 0.717) is 6.04 Å². The molecule has 14 heteroatoms. The monoisotopic (exact) mass is 545 g/mol. The second-order valence-electron chi connectivity index (χ2n) is 10.9. The third-order valence-electron chi connectivity index (χ3n) is 7.27. The average Bonchev–Trinajstić information content (AvgIpc) is 3.48. The number of hydrogen-bond donors (Lipinski definition) is 3. The normalized spacial score (nSPS) is 21.4. The molecule has 2 aromatic heterocycles. The molecule has 3 aromatic rings. The molecule has 0 bridgehead atoms. The van der Waals surface area contributed by atoms with E-state index in [1.165, 1.54) is 20.0 Å². The van der Waals surface area contributed by atoms with Crippen LogP contribution in [-0.4, -0.2) is 76.6 Å². The largest absolute Gasteiger partial charge is 0.489 e. The van der Waals surface area contributed by atoms with Crippen molar-refractivity contribution in [1.29, 1.82) is 0 Å². The summed E-state index contributed by atoms with van der Waals surface area (Å²) >= 11 is 0. The maximum atomic E-state index is 15.1. The Labute approximate surface area is 224 Å². The maximum Gasteiger partial charge on any atom is 0.368 e. The number of tetrazole rings is 1. The fraction of sp³-hybridized carbons (Fsp3) is 0.560. The first-order valence-corrected chi connectivity index (χ1v) is 13.0. The van der Waals surface area contributed by atoms with Crippen LogP contribution in [0.2, 0.25) is 0 Å². The van der Waals surface area contributed by atoms with E-state index < -0.39 is 23.4 Å². The van der Waals surface area contributed by atoms with Crippen molar-refractivity contribution in [1.82, 2.24) is 34.7 Å². The van der Waals surface area contributed by atoms with E-state index in [0.717, 1.165) is 53.9 Å². The van der Waals surface area contributed by atoms with Crippen LogP contribution >= 0.6 is 0 Å². The average molecular weight is 546 g/mol. The van der Waals surface area contributed by atoms with E-state index in [9.17, 15) is 14.3 Å². The lowest BCUT2D eigenvalue weighted by molar-refractivity contribution is 0.0500. The van der Waals surface area contributed by atoms with Crippen molar-refractivity contribution >= 4 is 17.5 Å². The van der Waals surface area contributed by atoms with Crippen molar-refractivity contribution in [2.75, 3.05) is 23.8 Å². The quantitative estimate of drug-likeness (QED) is 0.387. The van der Waals surface area contributed by atoms with Gasteiger partial charge in [0.2, 0.25) is 5.95 Å². The Morgan fingerprint density at radius 3 is 2.77 bits per heavy atom. The zero-order chi connectivity index (χ0) is 27.9. The van der Waals surface area contributed by atoms with Crippen LogP contribution in [-0.2, 0) is 7.05 Å². The minimum Gasteiger partial charge on any atom is -0.489 e. The summed E-state index contributed by atoms with van der Waals surface area (Å²) in [6.45, 7) is 6.87. The molecule has 2 aliphatic rings. The fourth-order valence-electron chi connectivity index (χ4n) is 5.56. The van der Waals surface area contributed by atoms with E-state index >= 15 is 4.39 Å². The second-order valence-corrected chi connectivity index (χ2v) is 10.9. The van der Waals surface area contributed by atoms with Crippen molar-refractivity contribution in [3.8, 4) is 11.4 Å².